The fourth-order valence-corrected chi connectivity index (χ4v) is 8.87. The van der Waals surface area contributed by atoms with E-state index in [1.807, 2.05) is 0 Å². The molecule has 0 aliphatic carbocycles. The summed E-state index contributed by atoms with van der Waals surface area (Å²) in [5.74, 6) is 0.781. The number of hydrogen-bond donors (Lipinski definition) is 0. The van der Waals surface area contributed by atoms with Crippen LogP contribution in [0.5, 0.6) is 0 Å². The van der Waals surface area contributed by atoms with Gasteiger partial charge in [0.2, 0.25) is 0 Å². The second-order valence-corrected chi connectivity index (χ2v) is 20.9. The monoisotopic (exact) mass is 905 g/mol. The molecule has 0 unspecified atom stereocenters. The summed E-state index contributed by atoms with van der Waals surface area (Å²) < 4.78 is 16.9. The quantitative estimate of drug-likeness (QED) is 0.0344. The molecule has 0 bridgehead atoms. The largest absolute Gasteiger partial charge is 0.462 e. The van der Waals surface area contributed by atoms with Crippen molar-refractivity contribution < 1.29 is 28.6 Å². The van der Waals surface area contributed by atoms with Gasteiger partial charge < -0.3 is 14.2 Å². The van der Waals surface area contributed by atoms with Crippen LogP contribution < -0.4 is 0 Å². The van der Waals surface area contributed by atoms with Crippen molar-refractivity contribution in [3.05, 3.63) is 0 Å². The van der Waals surface area contributed by atoms with Gasteiger partial charge in [0.15, 0.2) is 6.10 Å². The van der Waals surface area contributed by atoms with Crippen molar-refractivity contribution in [2.24, 2.45) is 11.8 Å². The van der Waals surface area contributed by atoms with E-state index in [4.69, 9.17) is 14.2 Å². The summed E-state index contributed by atoms with van der Waals surface area (Å²) in [4.78, 5) is 38.1. The minimum atomic E-state index is -0.763. The van der Waals surface area contributed by atoms with E-state index in [1.54, 1.807) is 0 Å². The molecule has 6 nitrogen and oxygen atoms in total. The van der Waals surface area contributed by atoms with Gasteiger partial charge in [-0.1, -0.05) is 285 Å². The van der Waals surface area contributed by atoms with Crippen LogP contribution >= 0.6 is 0 Å². The molecular formula is C58H112O6. The van der Waals surface area contributed by atoms with Crippen LogP contribution in [-0.4, -0.2) is 37.2 Å². The molecule has 1 atom stereocenters. The van der Waals surface area contributed by atoms with Crippen LogP contribution in [0.25, 0.3) is 0 Å². The van der Waals surface area contributed by atoms with Crippen LogP contribution in [0.15, 0.2) is 0 Å². The van der Waals surface area contributed by atoms with Crippen molar-refractivity contribution >= 4 is 17.9 Å². The zero-order valence-corrected chi connectivity index (χ0v) is 43.9. The summed E-state index contributed by atoms with van der Waals surface area (Å²) in [6, 6.07) is 0. The third-order valence-electron chi connectivity index (χ3n) is 13.2. The normalized spacial score (nSPS) is 12.0. The van der Waals surface area contributed by atoms with Crippen molar-refractivity contribution in [1.29, 1.82) is 0 Å². The Morgan fingerprint density at radius 2 is 0.516 bits per heavy atom. The zero-order chi connectivity index (χ0) is 46.8. The minimum Gasteiger partial charge on any atom is -0.462 e. The Balaban J connectivity index is 4.23. The van der Waals surface area contributed by atoms with Crippen molar-refractivity contribution in [1.82, 2.24) is 0 Å². The number of ether oxygens (including phenoxy) is 3. The topological polar surface area (TPSA) is 78.9 Å². The van der Waals surface area contributed by atoms with Crippen molar-refractivity contribution in [2.45, 2.75) is 330 Å². The van der Waals surface area contributed by atoms with Gasteiger partial charge in [-0.2, -0.15) is 0 Å². The van der Waals surface area contributed by atoms with Gasteiger partial charge in [-0.15, -0.1) is 0 Å². The average Bonchev–Trinajstić information content (AvgIpc) is 3.27. The van der Waals surface area contributed by atoms with E-state index >= 15 is 0 Å². The smallest absolute Gasteiger partial charge is 0.306 e. The average molecular weight is 906 g/mol. The fourth-order valence-electron chi connectivity index (χ4n) is 8.87. The highest BCUT2D eigenvalue weighted by atomic mass is 16.6. The molecule has 6 heteroatoms. The van der Waals surface area contributed by atoms with Gasteiger partial charge in [-0.05, 0) is 31.1 Å². The first-order valence-electron chi connectivity index (χ1n) is 28.7. The Labute approximate surface area is 399 Å². The van der Waals surface area contributed by atoms with Gasteiger partial charge >= 0.3 is 17.9 Å². The van der Waals surface area contributed by atoms with Crippen molar-refractivity contribution in [3.8, 4) is 0 Å². The minimum absolute atomic E-state index is 0.0634. The molecule has 380 valence electrons. The van der Waals surface area contributed by atoms with Crippen LogP contribution in [0.2, 0.25) is 0 Å². The summed E-state index contributed by atoms with van der Waals surface area (Å²) in [5.41, 5.74) is 0. The molecule has 0 aromatic heterocycles. The first-order valence-corrected chi connectivity index (χ1v) is 28.7. The molecule has 0 aliphatic rings. The van der Waals surface area contributed by atoms with Crippen LogP contribution in [0, 0.1) is 11.8 Å². The summed E-state index contributed by atoms with van der Waals surface area (Å²) in [7, 11) is 0. The lowest BCUT2D eigenvalue weighted by atomic mass is 10.0. The van der Waals surface area contributed by atoms with Gasteiger partial charge in [0.25, 0.3) is 0 Å². The molecule has 0 radical (unpaired) electrons. The number of hydrogen-bond acceptors (Lipinski definition) is 6. The SMILES string of the molecule is CCCCCCCCCCCCCCCCCCCCCC(=O)OC[C@@H](COC(=O)CCCCCCCCCC(C)C)OC(=O)CCCCCCCCCCCCCCCCC(C)C. The van der Waals surface area contributed by atoms with E-state index in [0.29, 0.717) is 19.3 Å². The molecule has 0 amide bonds. The van der Waals surface area contributed by atoms with E-state index in [0.717, 1.165) is 69.6 Å². The maximum absolute atomic E-state index is 12.8. The highest BCUT2D eigenvalue weighted by Crippen LogP contribution is 2.18. The Hall–Kier alpha value is -1.59. The number of carbonyl (C=O) groups is 3. The number of rotatable bonds is 52. The third kappa shape index (κ3) is 51.4. The molecule has 0 spiro atoms. The maximum Gasteiger partial charge on any atom is 0.306 e. The molecule has 0 heterocycles. The Kier molecular flexibility index (Phi) is 49.6. The lowest BCUT2D eigenvalue weighted by Gasteiger charge is -2.18. The van der Waals surface area contributed by atoms with Crippen molar-refractivity contribution in [3.63, 3.8) is 0 Å². The molecule has 0 fully saturated rings. The molecule has 0 rings (SSSR count). The van der Waals surface area contributed by atoms with E-state index < -0.39 is 6.10 Å². The predicted molar refractivity (Wildman–Crippen MR) is 275 cm³/mol. The third-order valence-corrected chi connectivity index (χ3v) is 13.2. The second kappa shape index (κ2) is 50.8. The van der Waals surface area contributed by atoms with Crippen LogP contribution in [0.4, 0.5) is 0 Å². The zero-order valence-electron chi connectivity index (χ0n) is 43.9. The fraction of sp³-hybridized carbons (Fsp3) is 0.948. The van der Waals surface area contributed by atoms with E-state index in [1.165, 1.54) is 212 Å². The number of unbranched alkanes of at least 4 members (excludes halogenated alkanes) is 37. The van der Waals surface area contributed by atoms with Crippen LogP contribution in [-0.2, 0) is 28.6 Å². The van der Waals surface area contributed by atoms with Crippen LogP contribution in [0.1, 0.15) is 324 Å². The highest BCUT2D eigenvalue weighted by molar-refractivity contribution is 5.71. The van der Waals surface area contributed by atoms with E-state index in [9.17, 15) is 14.4 Å². The van der Waals surface area contributed by atoms with E-state index in [2.05, 4.69) is 34.6 Å². The maximum atomic E-state index is 12.8. The molecule has 0 N–H and O–H groups in total. The Morgan fingerprint density at radius 1 is 0.297 bits per heavy atom. The lowest BCUT2D eigenvalue weighted by Crippen LogP contribution is -2.30. The highest BCUT2D eigenvalue weighted by Gasteiger charge is 2.19. The van der Waals surface area contributed by atoms with Gasteiger partial charge in [0, 0.05) is 19.3 Å². The first-order chi connectivity index (χ1) is 31.2. The van der Waals surface area contributed by atoms with E-state index in [-0.39, 0.29) is 31.1 Å². The number of esters is 3. The van der Waals surface area contributed by atoms with Gasteiger partial charge in [0.05, 0.1) is 0 Å². The first kappa shape index (κ1) is 62.4. The molecule has 0 aromatic carbocycles. The van der Waals surface area contributed by atoms with Crippen molar-refractivity contribution in [2.75, 3.05) is 13.2 Å². The second-order valence-electron chi connectivity index (χ2n) is 20.9. The molecule has 64 heavy (non-hydrogen) atoms. The molecule has 0 aliphatic heterocycles. The Morgan fingerprint density at radius 3 is 0.766 bits per heavy atom. The molecule has 0 saturated carbocycles. The Bertz CT molecular complexity index is 978. The summed E-state index contributed by atoms with van der Waals surface area (Å²) >= 11 is 0. The molecule has 0 saturated heterocycles. The van der Waals surface area contributed by atoms with Gasteiger partial charge in [-0.25, -0.2) is 0 Å². The van der Waals surface area contributed by atoms with Crippen LogP contribution in [0.3, 0.4) is 0 Å². The summed E-state index contributed by atoms with van der Waals surface area (Å²) in [6.07, 6.45) is 53.9. The standard InChI is InChI=1S/C58H112O6/c1-6-7-8-9-10-11-12-13-14-15-16-17-18-22-25-28-33-38-43-48-56(59)62-51-55(52-63-57(60)49-44-39-35-30-32-37-42-47-54(4)5)64-58(61)50-45-40-34-29-26-23-20-19-21-24-27-31-36-41-46-53(2)3/h53-55H,6-52H2,1-5H3/t55-/m0/s1. The lowest BCUT2D eigenvalue weighted by molar-refractivity contribution is -0.167. The number of carbonyl (C=O) groups excluding carboxylic acids is 3. The predicted octanol–water partition coefficient (Wildman–Crippen LogP) is 18.9. The summed E-state index contributed by atoms with van der Waals surface area (Å²) in [5, 5.41) is 0. The molecular weight excluding hydrogens is 793 g/mol. The van der Waals surface area contributed by atoms with Gasteiger partial charge in [-0.3, -0.25) is 14.4 Å². The van der Waals surface area contributed by atoms with Gasteiger partial charge in [0.1, 0.15) is 13.2 Å². The molecule has 0 aromatic rings. The summed E-state index contributed by atoms with van der Waals surface area (Å²) in [6.45, 7) is 11.4.